The molecule has 0 aromatic heterocycles. The molecule has 3 nitrogen and oxygen atoms in total. The Labute approximate surface area is 90.5 Å². The lowest BCUT2D eigenvalue weighted by atomic mass is 10.1. The van der Waals surface area contributed by atoms with Crippen LogP contribution in [0.3, 0.4) is 0 Å². The fraction of sp³-hybridized carbons (Fsp3) is 0.667. The van der Waals surface area contributed by atoms with E-state index in [1.165, 1.54) is 13.2 Å². The molecule has 1 aliphatic rings. The Kier molecular flexibility index (Phi) is 3.32. The summed E-state index contributed by atoms with van der Waals surface area (Å²) in [7, 11) is 0. The van der Waals surface area contributed by atoms with Crippen molar-refractivity contribution in [3.63, 3.8) is 0 Å². The largest absolute Gasteiger partial charge is 0.435 e. The van der Waals surface area contributed by atoms with Crippen molar-refractivity contribution in [2.45, 2.75) is 34.1 Å². The molecular formula is C12H18O3. The Hall–Kier alpha value is -1.12. The molecule has 0 amide bonds. The highest BCUT2D eigenvalue weighted by Gasteiger charge is 2.56. The van der Waals surface area contributed by atoms with Crippen LogP contribution in [0.2, 0.25) is 0 Å². The second-order valence-electron chi connectivity index (χ2n) is 4.80. The average Bonchev–Trinajstić information content (AvgIpc) is 2.54. The van der Waals surface area contributed by atoms with Gasteiger partial charge in [-0.05, 0) is 30.3 Å². The van der Waals surface area contributed by atoms with E-state index in [9.17, 15) is 9.59 Å². The van der Waals surface area contributed by atoms with E-state index in [1.54, 1.807) is 6.92 Å². The standard InChI is InChI=1S/C12H18O3/c1-8(13)7-11-10(12(11,3)4)5-6-15-9(2)14/h5-6,10-11H,7H2,1-4H3/b6-5+/t10-,11+/m1/s1. The Morgan fingerprint density at radius 1 is 1.33 bits per heavy atom. The Bertz CT molecular complexity index is 302. The van der Waals surface area contributed by atoms with E-state index >= 15 is 0 Å². The summed E-state index contributed by atoms with van der Waals surface area (Å²) >= 11 is 0. The molecule has 0 saturated heterocycles. The van der Waals surface area contributed by atoms with E-state index in [0.717, 1.165) is 0 Å². The highest BCUT2D eigenvalue weighted by Crippen LogP contribution is 2.60. The van der Waals surface area contributed by atoms with Crippen LogP contribution >= 0.6 is 0 Å². The zero-order chi connectivity index (χ0) is 11.6. The average molecular weight is 210 g/mol. The third kappa shape index (κ3) is 2.91. The van der Waals surface area contributed by atoms with Gasteiger partial charge in [-0.2, -0.15) is 0 Å². The van der Waals surface area contributed by atoms with Crippen LogP contribution in [0, 0.1) is 17.3 Å². The molecule has 2 atom stereocenters. The summed E-state index contributed by atoms with van der Waals surface area (Å²) in [5, 5.41) is 0. The second-order valence-corrected chi connectivity index (χ2v) is 4.80. The molecule has 3 heteroatoms. The molecule has 0 aromatic carbocycles. The van der Waals surface area contributed by atoms with E-state index < -0.39 is 0 Å². The lowest BCUT2D eigenvalue weighted by Gasteiger charge is -1.98. The number of rotatable bonds is 4. The van der Waals surface area contributed by atoms with Gasteiger partial charge in [0.25, 0.3) is 0 Å². The number of carbonyl (C=O) groups excluding carboxylic acids is 2. The van der Waals surface area contributed by atoms with Gasteiger partial charge in [-0.3, -0.25) is 4.79 Å². The molecule has 15 heavy (non-hydrogen) atoms. The van der Waals surface area contributed by atoms with E-state index in [4.69, 9.17) is 4.74 Å². The normalized spacial score (nSPS) is 27.7. The van der Waals surface area contributed by atoms with Crippen molar-refractivity contribution >= 4 is 11.8 Å². The van der Waals surface area contributed by atoms with E-state index in [2.05, 4.69) is 13.8 Å². The highest BCUT2D eigenvalue weighted by atomic mass is 16.5. The fourth-order valence-corrected chi connectivity index (χ4v) is 2.09. The molecule has 0 aliphatic heterocycles. The van der Waals surface area contributed by atoms with Gasteiger partial charge >= 0.3 is 5.97 Å². The van der Waals surface area contributed by atoms with Crippen molar-refractivity contribution in [1.82, 2.24) is 0 Å². The van der Waals surface area contributed by atoms with Gasteiger partial charge in [0.1, 0.15) is 5.78 Å². The first-order valence-corrected chi connectivity index (χ1v) is 5.19. The Balaban J connectivity index is 2.47. The van der Waals surface area contributed by atoms with Crippen LogP contribution in [0.4, 0.5) is 0 Å². The summed E-state index contributed by atoms with van der Waals surface area (Å²) in [6.07, 6.45) is 3.94. The minimum atomic E-state index is -0.312. The van der Waals surface area contributed by atoms with Gasteiger partial charge in [0.15, 0.2) is 0 Å². The molecule has 0 heterocycles. The summed E-state index contributed by atoms with van der Waals surface area (Å²) in [4.78, 5) is 21.5. The first kappa shape index (κ1) is 12.0. The van der Waals surface area contributed by atoms with E-state index in [1.807, 2.05) is 6.08 Å². The van der Waals surface area contributed by atoms with Crippen LogP contribution in [0.15, 0.2) is 12.3 Å². The van der Waals surface area contributed by atoms with Gasteiger partial charge in [0.2, 0.25) is 0 Å². The molecule has 0 unspecified atom stereocenters. The molecule has 1 fully saturated rings. The number of ether oxygens (including phenoxy) is 1. The number of carbonyl (C=O) groups is 2. The van der Waals surface area contributed by atoms with Crippen LogP contribution in [0.1, 0.15) is 34.1 Å². The summed E-state index contributed by atoms with van der Waals surface area (Å²) in [6, 6.07) is 0. The lowest BCUT2D eigenvalue weighted by molar-refractivity contribution is -0.135. The van der Waals surface area contributed by atoms with Gasteiger partial charge in [0.05, 0.1) is 6.26 Å². The zero-order valence-corrected chi connectivity index (χ0v) is 9.74. The van der Waals surface area contributed by atoms with Crippen molar-refractivity contribution in [2.75, 3.05) is 0 Å². The number of hydrogen-bond acceptors (Lipinski definition) is 3. The van der Waals surface area contributed by atoms with Gasteiger partial charge in [-0.15, -0.1) is 0 Å². The van der Waals surface area contributed by atoms with Gasteiger partial charge in [0, 0.05) is 13.3 Å². The van der Waals surface area contributed by atoms with Gasteiger partial charge in [-0.1, -0.05) is 13.8 Å². The van der Waals surface area contributed by atoms with Crippen molar-refractivity contribution in [3.8, 4) is 0 Å². The maximum atomic E-state index is 11.0. The minimum Gasteiger partial charge on any atom is -0.435 e. The predicted octanol–water partition coefficient (Wildman–Crippen LogP) is 2.31. The quantitative estimate of drug-likeness (QED) is 0.528. The molecule has 1 rings (SSSR count). The molecule has 0 spiro atoms. The summed E-state index contributed by atoms with van der Waals surface area (Å²) in [5.74, 6) is 0.645. The minimum absolute atomic E-state index is 0.155. The lowest BCUT2D eigenvalue weighted by Crippen LogP contribution is -1.96. The van der Waals surface area contributed by atoms with Crippen LogP contribution in [0.5, 0.6) is 0 Å². The molecule has 84 valence electrons. The molecule has 0 aromatic rings. The Morgan fingerprint density at radius 3 is 2.40 bits per heavy atom. The molecule has 1 saturated carbocycles. The number of esters is 1. The van der Waals surface area contributed by atoms with Gasteiger partial charge in [-0.25, -0.2) is 0 Å². The first-order valence-electron chi connectivity index (χ1n) is 5.19. The summed E-state index contributed by atoms with van der Waals surface area (Å²) in [5.41, 5.74) is 0.155. The van der Waals surface area contributed by atoms with Gasteiger partial charge < -0.3 is 9.53 Å². The second kappa shape index (κ2) is 4.17. The third-order valence-corrected chi connectivity index (χ3v) is 3.17. The van der Waals surface area contributed by atoms with Crippen molar-refractivity contribution in [1.29, 1.82) is 0 Å². The fourth-order valence-electron chi connectivity index (χ4n) is 2.09. The third-order valence-electron chi connectivity index (χ3n) is 3.17. The SMILES string of the molecule is CC(=O)C[C@H]1[C@@H](/C=C/OC(C)=O)C1(C)C. The topological polar surface area (TPSA) is 43.4 Å². The maximum absolute atomic E-state index is 11.0. The van der Waals surface area contributed by atoms with E-state index in [-0.39, 0.29) is 17.2 Å². The van der Waals surface area contributed by atoms with Crippen LogP contribution in [-0.4, -0.2) is 11.8 Å². The number of allylic oxidation sites excluding steroid dienone is 1. The molecule has 1 aliphatic carbocycles. The van der Waals surface area contributed by atoms with Crippen molar-refractivity contribution in [2.24, 2.45) is 17.3 Å². The number of ketones is 1. The summed E-state index contributed by atoms with van der Waals surface area (Å²) < 4.78 is 4.73. The predicted molar refractivity (Wildman–Crippen MR) is 57.0 cm³/mol. The van der Waals surface area contributed by atoms with Crippen molar-refractivity contribution < 1.29 is 14.3 Å². The molecule has 0 radical (unpaired) electrons. The monoisotopic (exact) mass is 210 g/mol. The molecular weight excluding hydrogens is 192 g/mol. The first-order chi connectivity index (χ1) is 6.85. The molecule has 0 bridgehead atoms. The zero-order valence-electron chi connectivity index (χ0n) is 9.74. The van der Waals surface area contributed by atoms with Crippen LogP contribution < -0.4 is 0 Å². The smallest absolute Gasteiger partial charge is 0.307 e. The van der Waals surface area contributed by atoms with Crippen LogP contribution in [0.25, 0.3) is 0 Å². The highest BCUT2D eigenvalue weighted by molar-refractivity contribution is 5.76. The maximum Gasteiger partial charge on any atom is 0.307 e. The van der Waals surface area contributed by atoms with Crippen molar-refractivity contribution in [3.05, 3.63) is 12.3 Å². The summed E-state index contributed by atoms with van der Waals surface area (Å²) in [6.45, 7) is 7.24. The van der Waals surface area contributed by atoms with Crippen LogP contribution in [-0.2, 0) is 14.3 Å². The number of Topliss-reactive ketones (excluding diaryl/α,β-unsaturated/α-hetero) is 1. The Morgan fingerprint density at radius 2 is 1.93 bits per heavy atom. The molecule has 0 N–H and O–H groups in total. The van der Waals surface area contributed by atoms with E-state index in [0.29, 0.717) is 18.3 Å². The number of hydrogen-bond donors (Lipinski definition) is 0.